The van der Waals surface area contributed by atoms with Crippen molar-refractivity contribution in [1.82, 2.24) is 0 Å². The van der Waals surface area contributed by atoms with Gasteiger partial charge in [-0.05, 0) is 43.4 Å². The SMILES string of the molecule is CCCCCCCCCCCCCC(=O)O[C@H](COC(=O)CCCCCCCCCC(C)C)COP(=O)(O)OC[C@H](O)COP(=O)(O)OC[C@@H](COC(=O)CCCCCCCCCCCCCCC(C)C)OC(=O)CCCCCCCCCCCCCCCCC(C)C. The molecule has 0 aliphatic heterocycles. The number of unbranched alkanes of at least 4 members (excludes halogenated alkanes) is 40. The number of carbonyl (C=O) groups is 4. The standard InChI is InChI=1S/C74H144O17P2/c1-8-9-10-11-12-13-20-28-35-43-50-57-73(78)91-70(62-85-72(77)56-49-42-37-30-33-40-47-54-67(6)7)64-89-93(82,83)87-60-68(75)59-86-92(80,81)88-63-69(61-84-71(76)55-48-41-34-27-23-19-18-22-26-32-39-46-53-66(4)5)90-74(79)58-51-44-36-29-24-17-15-14-16-21-25-31-38-45-52-65(2)3/h65-70,75H,8-64H2,1-7H3,(H,80,81)(H,82,83)/t68-,69-,70-/m1/s1. The minimum absolute atomic E-state index is 0.106. The first-order valence-electron chi connectivity index (χ1n) is 38.3. The molecule has 3 N–H and O–H groups in total. The van der Waals surface area contributed by atoms with Crippen LogP contribution in [-0.2, 0) is 65.4 Å². The quantitative estimate of drug-likeness (QED) is 0.0222. The third-order valence-corrected chi connectivity index (χ3v) is 19.0. The van der Waals surface area contributed by atoms with E-state index in [2.05, 4.69) is 48.5 Å². The van der Waals surface area contributed by atoms with Crippen molar-refractivity contribution in [3.05, 3.63) is 0 Å². The summed E-state index contributed by atoms with van der Waals surface area (Å²) in [5.74, 6) is 0.162. The van der Waals surface area contributed by atoms with Crippen LogP contribution in [0.25, 0.3) is 0 Å². The maximum Gasteiger partial charge on any atom is 0.472 e. The molecule has 0 heterocycles. The summed E-state index contributed by atoms with van der Waals surface area (Å²) in [6.45, 7) is 11.9. The number of aliphatic hydroxyl groups is 1. The van der Waals surface area contributed by atoms with Crippen molar-refractivity contribution < 1.29 is 80.2 Å². The van der Waals surface area contributed by atoms with Gasteiger partial charge < -0.3 is 33.8 Å². The van der Waals surface area contributed by atoms with E-state index in [4.69, 9.17) is 37.0 Å². The van der Waals surface area contributed by atoms with Gasteiger partial charge in [-0.2, -0.15) is 0 Å². The van der Waals surface area contributed by atoms with Crippen molar-refractivity contribution in [2.75, 3.05) is 39.6 Å². The van der Waals surface area contributed by atoms with Crippen LogP contribution in [0.1, 0.15) is 376 Å². The van der Waals surface area contributed by atoms with E-state index in [0.29, 0.717) is 31.6 Å². The van der Waals surface area contributed by atoms with Crippen LogP contribution in [0.3, 0.4) is 0 Å². The number of hydrogen-bond donors (Lipinski definition) is 3. The van der Waals surface area contributed by atoms with Crippen molar-refractivity contribution in [1.29, 1.82) is 0 Å². The maximum absolute atomic E-state index is 13.1. The summed E-state index contributed by atoms with van der Waals surface area (Å²) in [6.07, 6.45) is 49.9. The fourth-order valence-electron chi connectivity index (χ4n) is 11.2. The molecule has 19 heteroatoms. The number of hydrogen-bond acceptors (Lipinski definition) is 15. The summed E-state index contributed by atoms with van der Waals surface area (Å²) >= 11 is 0. The van der Waals surface area contributed by atoms with Crippen molar-refractivity contribution in [3.8, 4) is 0 Å². The zero-order chi connectivity index (χ0) is 68.7. The average Bonchev–Trinajstić information content (AvgIpc) is 2.43. The van der Waals surface area contributed by atoms with Gasteiger partial charge in [-0.1, -0.05) is 325 Å². The Kier molecular flexibility index (Phi) is 63.4. The molecule has 0 aromatic rings. The smallest absolute Gasteiger partial charge is 0.462 e. The summed E-state index contributed by atoms with van der Waals surface area (Å²) in [7, 11) is -9.91. The van der Waals surface area contributed by atoms with E-state index in [9.17, 15) is 43.2 Å². The fourth-order valence-corrected chi connectivity index (χ4v) is 12.8. The van der Waals surface area contributed by atoms with E-state index >= 15 is 0 Å². The van der Waals surface area contributed by atoms with E-state index in [1.165, 1.54) is 180 Å². The third kappa shape index (κ3) is 68.4. The molecule has 0 amide bonds. The van der Waals surface area contributed by atoms with Gasteiger partial charge in [-0.3, -0.25) is 37.3 Å². The number of rotatable bonds is 72. The zero-order valence-electron chi connectivity index (χ0n) is 60.7. The van der Waals surface area contributed by atoms with E-state index in [1.54, 1.807) is 0 Å². The highest BCUT2D eigenvalue weighted by Gasteiger charge is 2.30. The molecule has 0 radical (unpaired) electrons. The van der Waals surface area contributed by atoms with Crippen LogP contribution in [0.15, 0.2) is 0 Å². The number of aliphatic hydroxyl groups excluding tert-OH is 1. The summed E-state index contributed by atoms with van der Waals surface area (Å²) < 4.78 is 68.4. The number of ether oxygens (including phenoxy) is 4. The molecule has 2 unspecified atom stereocenters. The summed E-state index contributed by atoms with van der Waals surface area (Å²) in [5, 5.41) is 10.6. The van der Waals surface area contributed by atoms with Crippen molar-refractivity contribution in [2.24, 2.45) is 17.8 Å². The van der Waals surface area contributed by atoms with Gasteiger partial charge in [0.25, 0.3) is 0 Å². The van der Waals surface area contributed by atoms with E-state index in [1.807, 2.05) is 0 Å². The van der Waals surface area contributed by atoms with Gasteiger partial charge >= 0.3 is 39.5 Å². The largest absolute Gasteiger partial charge is 0.472 e. The van der Waals surface area contributed by atoms with E-state index in [0.717, 1.165) is 108 Å². The van der Waals surface area contributed by atoms with Crippen LogP contribution in [0.2, 0.25) is 0 Å². The van der Waals surface area contributed by atoms with Gasteiger partial charge in [0, 0.05) is 25.7 Å². The van der Waals surface area contributed by atoms with E-state index in [-0.39, 0.29) is 25.7 Å². The molecule has 0 aromatic heterocycles. The van der Waals surface area contributed by atoms with Gasteiger partial charge in [0.1, 0.15) is 19.3 Å². The van der Waals surface area contributed by atoms with Gasteiger partial charge in [0.05, 0.1) is 26.4 Å². The molecule has 0 aliphatic carbocycles. The normalized spacial score (nSPS) is 14.1. The highest BCUT2D eigenvalue weighted by Crippen LogP contribution is 2.45. The molecule has 552 valence electrons. The predicted octanol–water partition coefficient (Wildman–Crippen LogP) is 21.4. The van der Waals surface area contributed by atoms with Crippen LogP contribution in [0.4, 0.5) is 0 Å². The predicted molar refractivity (Wildman–Crippen MR) is 377 cm³/mol. The summed E-state index contributed by atoms with van der Waals surface area (Å²) in [5.41, 5.74) is 0. The first kappa shape index (κ1) is 91.1. The van der Waals surface area contributed by atoms with Crippen molar-refractivity contribution in [2.45, 2.75) is 394 Å². The fraction of sp³-hybridized carbons (Fsp3) is 0.946. The Balaban J connectivity index is 5.24. The monoisotopic (exact) mass is 1370 g/mol. The molecule has 17 nitrogen and oxygen atoms in total. The van der Waals surface area contributed by atoms with E-state index < -0.39 is 97.5 Å². The molecule has 0 spiro atoms. The minimum Gasteiger partial charge on any atom is -0.462 e. The van der Waals surface area contributed by atoms with Crippen molar-refractivity contribution >= 4 is 39.5 Å². The van der Waals surface area contributed by atoms with Crippen LogP contribution in [0.5, 0.6) is 0 Å². The molecule has 0 saturated heterocycles. The number of esters is 4. The molecule has 0 fully saturated rings. The number of carbonyl (C=O) groups excluding carboxylic acids is 4. The third-order valence-electron chi connectivity index (χ3n) is 17.1. The average molecular weight is 1370 g/mol. The molecule has 0 rings (SSSR count). The Morgan fingerprint density at radius 1 is 0.290 bits per heavy atom. The molecule has 0 aromatic carbocycles. The molecule has 93 heavy (non-hydrogen) atoms. The highest BCUT2D eigenvalue weighted by atomic mass is 31.2. The number of phosphoric acid groups is 2. The maximum atomic E-state index is 13.1. The lowest BCUT2D eigenvalue weighted by Gasteiger charge is -2.21. The lowest BCUT2D eigenvalue weighted by molar-refractivity contribution is -0.161. The first-order valence-corrected chi connectivity index (χ1v) is 41.3. The van der Waals surface area contributed by atoms with Crippen molar-refractivity contribution in [3.63, 3.8) is 0 Å². The lowest BCUT2D eigenvalue weighted by Crippen LogP contribution is -2.30. The molecule has 0 aliphatic rings. The van der Waals surface area contributed by atoms with Gasteiger partial charge in [-0.15, -0.1) is 0 Å². The second-order valence-corrected chi connectivity index (χ2v) is 31.0. The second kappa shape index (κ2) is 64.7. The minimum atomic E-state index is -4.96. The van der Waals surface area contributed by atoms with Gasteiger partial charge in [0.15, 0.2) is 12.2 Å². The molecular formula is C74H144O17P2. The zero-order valence-corrected chi connectivity index (χ0v) is 62.5. The lowest BCUT2D eigenvalue weighted by atomic mass is 10.0. The van der Waals surface area contributed by atoms with Crippen LogP contribution >= 0.6 is 15.6 Å². The second-order valence-electron chi connectivity index (χ2n) is 28.1. The topological polar surface area (TPSA) is 237 Å². The van der Waals surface area contributed by atoms with Crippen LogP contribution in [-0.4, -0.2) is 96.7 Å². The summed E-state index contributed by atoms with van der Waals surface area (Å²) in [4.78, 5) is 72.7. The Bertz CT molecular complexity index is 1820. The highest BCUT2D eigenvalue weighted by molar-refractivity contribution is 7.47. The van der Waals surface area contributed by atoms with Crippen LogP contribution in [0, 0.1) is 17.8 Å². The first-order chi connectivity index (χ1) is 44.7. The molecule has 0 bridgehead atoms. The Labute approximate surface area is 568 Å². The number of phosphoric ester groups is 2. The molecular weight excluding hydrogens is 1220 g/mol. The molecule has 5 atom stereocenters. The van der Waals surface area contributed by atoms with Gasteiger partial charge in [-0.25, -0.2) is 9.13 Å². The molecule has 0 saturated carbocycles. The van der Waals surface area contributed by atoms with Gasteiger partial charge in [0.2, 0.25) is 0 Å². The Morgan fingerprint density at radius 2 is 0.495 bits per heavy atom. The Hall–Kier alpha value is -1.94. The summed E-state index contributed by atoms with van der Waals surface area (Å²) in [6, 6.07) is 0. The van der Waals surface area contributed by atoms with Crippen LogP contribution < -0.4 is 0 Å². The Morgan fingerprint density at radius 3 is 0.731 bits per heavy atom.